The topological polar surface area (TPSA) is 107 Å². The first-order chi connectivity index (χ1) is 11.8. The van der Waals surface area contributed by atoms with Crippen LogP contribution >= 0.6 is 0 Å². The third kappa shape index (κ3) is 3.13. The second-order valence-corrected chi connectivity index (χ2v) is 9.34. The van der Waals surface area contributed by atoms with Crippen molar-refractivity contribution < 1.29 is 40.8 Å². The first kappa shape index (κ1) is 19.2. The van der Waals surface area contributed by atoms with Crippen LogP contribution in [-0.2, 0) is 29.2 Å². The van der Waals surface area contributed by atoms with Crippen molar-refractivity contribution in [3.05, 3.63) is 12.2 Å². The van der Waals surface area contributed by atoms with E-state index in [0.717, 1.165) is 6.42 Å². The summed E-state index contributed by atoms with van der Waals surface area (Å²) in [5, 5.41) is -5.04. The molecule has 0 spiro atoms. The Bertz CT molecular complexity index is 759. The summed E-state index contributed by atoms with van der Waals surface area (Å²) in [7, 11) is -5.94. The second-order valence-electron chi connectivity index (χ2n) is 7.88. The first-order valence-corrected chi connectivity index (χ1v) is 9.69. The molecule has 4 saturated carbocycles. The number of alkyl halides is 2. The molecule has 1 N–H and O–H groups in total. The van der Waals surface area contributed by atoms with Crippen LogP contribution in [-0.4, -0.2) is 41.4 Å². The van der Waals surface area contributed by atoms with Crippen molar-refractivity contribution in [2.45, 2.75) is 61.9 Å². The van der Waals surface area contributed by atoms with Crippen LogP contribution in [0, 0.1) is 11.8 Å². The van der Waals surface area contributed by atoms with Crippen LogP contribution in [0.3, 0.4) is 0 Å². The van der Waals surface area contributed by atoms with Crippen LogP contribution in [0.4, 0.5) is 8.78 Å². The molecule has 10 heteroatoms. The Kier molecular flexibility index (Phi) is 4.23. The predicted molar refractivity (Wildman–Crippen MR) is 83.6 cm³/mol. The smallest absolute Gasteiger partial charge is 0.456 e. The van der Waals surface area contributed by atoms with Crippen LogP contribution in [0.25, 0.3) is 0 Å². The Hall–Kier alpha value is -1.55. The standard InChI is InChI=1S/C16H20F2O7S/c1-9(2)12(19)24-14-4-10-3-11(5-14)7-15(6-10,8-14)25-13(20)16(17,18)26(21,22)23/h10-11H,1,3-8H2,2H3,(H,21,22,23). The van der Waals surface area contributed by atoms with Crippen LogP contribution in [0.15, 0.2) is 12.2 Å². The molecule has 0 radical (unpaired) electrons. The fourth-order valence-electron chi connectivity index (χ4n) is 4.98. The normalized spacial score (nSPS) is 35.8. The van der Waals surface area contributed by atoms with Gasteiger partial charge in [-0.15, -0.1) is 0 Å². The Labute approximate surface area is 149 Å². The van der Waals surface area contributed by atoms with E-state index in [0.29, 0.717) is 25.7 Å². The highest BCUT2D eigenvalue weighted by Gasteiger charge is 2.64. The van der Waals surface area contributed by atoms with Gasteiger partial charge in [0.15, 0.2) is 0 Å². The van der Waals surface area contributed by atoms with E-state index in [9.17, 15) is 26.8 Å². The lowest BCUT2D eigenvalue weighted by Crippen LogP contribution is -2.62. The molecule has 4 fully saturated rings. The van der Waals surface area contributed by atoms with Gasteiger partial charge in [0, 0.05) is 12.0 Å². The van der Waals surface area contributed by atoms with E-state index in [-0.39, 0.29) is 23.8 Å². The molecule has 146 valence electrons. The molecule has 0 amide bonds. The van der Waals surface area contributed by atoms with Gasteiger partial charge >= 0.3 is 27.3 Å². The molecule has 4 rings (SSSR count). The van der Waals surface area contributed by atoms with Gasteiger partial charge in [-0.3, -0.25) is 4.55 Å². The number of halogens is 2. The summed E-state index contributed by atoms with van der Waals surface area (Å²) >= 11 is 0. The number of carbonyl (C=O) groups is 2. The van der Waals surface area contributed by atoms with Crippen molar-refractivity contribution in [2.75, 3.05) is 0 Å². The molecule has 2 atom stereocenters. The summed E-state index contributed by atoms with van der Waals surface area (Å²) < 4.78 is 68.0. The van der Waals surface area contributed by atoms with E-state index in [4.69, 9.17) is 14.0 Å². The monoisotopic (exact) mass is 394 g/mol. The number of hydrogen-bond donors (Lipinski definition) is 1. The fraction of sp³-hybridized carbons (Fsp3) is 0.750. The molecule has 0 aliphatic heterocycles. The molecule has 0 aromatic rings. The van der Waals surface area contributed by atoms with Gasteiger partial charge in [0.05, 0.1) is 0 Å². The Morgan fingerprint density at radius 1 is 1.12 bits per heavy atom. The minimum atomic E-state index is -5.94. The average Bonchev–Trinajstić information content (AvgIpc) is 2.43. The summed E-state index contributed by atoms with van der Waals surface area (Å²) in [6.07, 6.45) is 2.50. The maximum absolute atomic E-state index is 13.6. The number of rotatable bonds is 5. The van der Waals surface area contributed by atoms with Gasteiger partial charge in [0.1, 0.15) is 11.2 Å². The lowest BCUT2D eigenvalue weighted by Gasteiger charge is -2.60. The van der Waals surface area contributed by atoms with Crippen molar-refractivity contribution in [1.29, 1.82) is 0 Å². The zero-order valence-corrected chi connectivity index (χ0v) is 15.0. The molecule has 0 saturated heterocycles. The minimum absolute atomic E-state index is 0.0151. The van der Waals surface area contributed by atoms with Crippen LogP contribution in [0.1, 0.15) is 45.4 Å². The Balaban J connectivity index is 1.85. The largest absolute Gasteiger partial charge is 0.465 e. The van der Waals surface area contributed by atoms with Crippen molar-refractivity contribution in [1.82, 2.24) is 0 Å². The van der Waals surface area contributed by atoms with E-state index < -0.39 is 38.5 Å². The molecular weight excluding hydrogens is 374 g/mol. The summed E-state index contributed by atoms with van der Waals surface area (Å²) in [5.41, 5.74) is -2.07. The van der Waals surface area contributed by atoms with Gasteiger partial charge in [-0.25, -0.2) is 9.59 Å². The quantitative estimate of drug-likeness (QED) is 0.433. The van der Waals surface area contributed by atoms with Gasteiger partial charge in [0.2, 0.25) is 0 Å². The van der Waals surface area contributed by atoms with E-state index in [1.165, 1.54) is 6.92 Å². The van der Waals surface area contributed by atoms with Crippen LogP contribution in [0.5, 0.6) is 0 Å². The van der Waals surface area contributed by atoms with Crippen LogP contribution in [0.2, 0.25) is 0 Å². The lowest BCUT2D eigenvalue weighted by atomic mass is 9.52. The van der Waals surface area contributed by atoms with Gasteiger partial charge in [-0.1, -0.05) is 6.58 Å². The zero-order chi connectivity index (χ0) is 19.5. The van der Waals surface area contributed by atoms with Gasteiger partial charge in [-0.2, -0.15) is 17.2 Å². The Morgan fingerprint density at radius 3 is 2.00 bits per heavy atom. The van der Waals surface area contributed by atoms with E-state index >= 15 is 0 Å². The maximum Gasteiger partial charge on any atom is 0.465 e. The molecule has 0 aromatic heterocycles. The molecule has 4 bridgehead atoms. The predicted octanol–water partition coefficient (Wildman–Crippen LogP) is 2.22. The Morgan fingerprint density at radius 2 is 1.58 bits per heavy atom. The van der Waals surface area contributed by atoms with E-state index in [1.807, 2.05) is 0 Å². The molecule has 0 heterocycles. The third-order valence-corrected chi connectivity index (χ3v) is 6.30. The highest BCUT2D eigenvalue weighted by atomic mass is 32.2. The summed E-state index contributed by atoms with van der Waals surface area (Å²) in [4.78, 5) is 23.8. The van der Waals surface area contributed by atoms with E-state index in [2.05, 4.69) is 6.58 Å². The zero-order valence-electron chi connectivity index (χ0n) is 14.2. The van der Waals surface area contributed by atoms with Crippen LogP contribution < -0.4 is 0 Å². The molecule has 4 aliphatic carbocycles. The average molecular weight is 394 g/mol. The summed E-state index contributed by atoms with van der Waals surface area (Å²) in [6, 6.07) is 0. The van der Waals surface area contributed by atoms with Crippen molar-refractivity contribution in [3.63, 3.8) is 0 Å². The summed E-state index contributed by atoms with van der Waals surface area (Å²) in [5.74, 6) is -2.87. The highest BCUT2D eigenvalue weighted by Crippen LogP contribution is 2.60. The minimum Gasteiger partial charge on any atom is -0.456 e. The molecule has 2 unspecified atom stereocenters. The maximum atomic E-state index is 13.6. The third-order valence-electron chi connectivity index (χ3n) is 5.48. The van der Waals surface area contributed by atoms with Crippen molar-refractivity contribution in [3.8, 4) is 0 Å². The van der Waals surface area contributed by atoms with Gasteiger partial charge < -0.3 is 9.47 Å². The SMILES string of the molecule is C=C(C)C(=O)OC12CC3CC(C1)CC(OC(=O)C(F)(F)S(=O)(=O)O)(C3)C2. The molecular formula is C16H20F2O7S. The number of esters is 2. The first-order valence-electron chi connectivity index (χ1n) is 8.25. The molecule has 26 heavy (non-hydrogen) atoms. The lowest BCUT2D eigenvalue weighted by molar-refractivity contribution is -0.236. The van der Waals surface area contributed by atoms with Gasteiger partial charge in [-0.05, 0) is 50.9 Å². The summed E-state index contributed by atoms with van der Waals surface area (Å²) in [6.45, 7) is 5.02. The van der Waals surface area contributed by atoms with Crippen molar-refractivity contribution >= 4 is 22.1 Å². The molecule has 7 nitrogen and oxygen atoms in total. The number of ether oxygens (including phenoxy) is 2. The number of carbonyl (C=O) groups excluding carboxylic acids is 2. The molecule has 0 aromatic carbocycles. The van der Waals surface area contributed by atoms with Crippen molar-refractivity contribution in [2.24, 2.45) is 11.8 Å². The van der Waals surface area contributed by atoms with E-state index in [1.54, 1.807) is 0 Å². The second kappa shape index (κ2) is 5.72. The van der Waals surface area contributed by atoms with Gasteiger partial charge in [0.25, 0.3) is 0 Å². The highest BCUT2D eigenvalue weighted by molar-refractivity contribution is 7.87. The number of hydrogen-bond acceptors (Lipinski definition) is 6. The fourth-order valence-corrected chi connectivity index (χ4v) is 5.23. The molecule has 4 aliphatic rings.